The highest BCUT2D eigenvalue weighted by molar-refractivity contribution is 7.75. The number of ether oxygens (including phenoxy) is 2. The largest absolute Gasteiger partial charge is 0.496 e. The van der Waals surface area contributed by atoms with Crippen molar-refractivity contribution in [1.82, 2.24) is 0 Å². The second-order valence-corrected chi connectivity index (χ2v) is 6.84. The molecule has 0 spiro atoms. The first-order chi connectivity index (χ1) is 9.19. The second-order valence-electron chi connectivity index (χ2n) is 4.28. The number of rotatable bonds is 8. The van der Waals surface area contributed by atoms with Crippen molar-refractivity contribution in [2.75, 3.05) is 26.5 Å². The molecule has 4 heteroatoms. The van der Waals surface area contributed by atoms with Crippen LogP contribution in [0.5, 0.6) is 11.5 Å². The summed E-state index contributed by atoms with van der Waals surface area (Å²) in [7, 11) is 2.53. The highest BCUT2D eigenvalue weighted by atomic mass is 31.1. The maximum atomic E-state index is 12.7. The van der Waals surface area contributed by atoms with E-state index in [4.69, 9.17) is 9.47 Å². The second kappa shape index (κ2) is 8.16. The van der Waals surface area contributed by atoms with Gasteiger partial charge in [-0.1, -0.05) is 26.3 Å². The van der Waals surface area contributed by atoms with Crippen LogP contribution in [-0.2, 0) is 0 Å². The Morgan fingerprint density at radius 2 is 1.74 bits per heavy atom. The van der Waals surface area contributed by atoms with Gasteiger partial charge < -0.3 is 9.47 Å². The summed E-state index contributed by atoms with van der Waals surface area (Å²) < 4.78 is 10.6. The SMILES string of the molecule is CCCCP(CC)C(=O)c1c(OC)cccc1OC. The molecule has 0 aliphatic heterocycles. The maximum absolute atomic E-state index is 12.7. The van der Waals surface area contributed by atoms with E-state index in [0.717, 1.165) is 25.2 Å². The first-order valence-corrected chi connectivity index (χ1v) is 8.41. The minimum atomic E-state index is -0.645. The summed E-state index contributed by atoms with van der Waals surface area (Å²) in [6.07, 6.45) is 4.12. The van der Waals surface area contributed by atoms with E-state index in [0.29, 0.717) is 17.1 Å². The van der Waals surface area contributed by atoms with Gasteiger partial charge in [0.1, 0.15) is 17.1 Å². The van der Waals surface area contributed by atoms with Crippen LogP contribution in [0.25, 0.3) is 0 Å². The van der Waals surface area contributed by atoms with Crippen molar-refractivity contribution >= 4 is 13.4 Å². The summed E-state index contributed by atoms with van der Waals surface area (Å²) in [4.78, 5) is 12.7. The molecule has 0 radical (unpaired) electrons. The number of benzene rings is 1. The monoisotopic (exact) mass is 282 g/mol. The highest BCUT2D eigenvalue weighted by Crippen LogP contribution is 2.44. The van der Waals surface area contributed by atoms with Gasteiger partial charge in [0, 0.05) is 0 Å². The highest BCUT2D eigenvalue weighted by Gasteiger charge is 2.24. The third kappa shape index (κ3) is 3.94. The quantitative estimate of drug-likeness (QED) is 0.672. The zero-order valence-corrected chi connectivity index (χ0v) is 13.1. The third-order valence-electron chi connectivity index (χ3n) is 3.09. The van der Waals surface area contributed by atoms with Gasteiger partial charge in [0.25, 0.3) is 0 Å². The lowest BCUT2D eigenvalue weighted by molar-refractivity contribution is 0.107. The Labute approximate surface area is 117 Å². The molecule has 0 amide bonds. The molecule has 0 saturated heterocycles. The van der Waals surface area contributed by atoms with Crippen LogP contribution in [-0.4, -0.2) is 32.1 Å². The molecule has 0 aliphatic rings. The molecule has 0 aliphatic carbocycles. The van der Waals surface area contributed by atoms with Crippen LogP contribution in [0.15, 0.2) is 18.2 Å². The Balaban J connectivity index is 3.08. The van der Waals surface area contributed by atoms with Gasteiger partial charge in [0.15, 0.2) is 5.52 Å². The molecule has 1 rings (SSSR count). The van der Waals surface area contributed by atoms with Crippen molar-refractivity contribution in [3.05, 3.63) is 23.8 Å². The van der Waals surface area contributed by atoms with E-state index in [-0.39, 0.29) is 5.52 Å². The molecule has 3 nitrogen and oxygen atoms in total. The first-order valence-electron chi connectivity index (χ1n) is 6.69. The maximum Gasteiger partial charge on any atom is 0.191 e. The van der Waals surface area contributed by atoms with Crippen LogP contribution in [0, 0.1) is 0 Å². The first kappa shape index (κ1) is 16.0. The number of carbonyl (C=O) groups excluding carboxylic acids is 1. The molecule has 0 aromatic heterocycles. The molecule has 106 valence electrons. The lowest BCUT2D eigenvalue weighted by Crippen LogP contribution is -2.06. The van der Waals surface area contributed by atoms with E-state index in [1.807, 2.05) is 18.2 Å². The summed E-state index contributed by atoms with van der Waals surface area (Å²) in [5, 5.41) is 0. The van der Waals surface area contributed by atoms with E-state index in [1.54, 1.807) is 14.2 Å². The van der Waals surface area contributed by atoms with Gasteiger partial charge in [-0.05, 0) is 38.8 Å². The van der Waals surface area contributed by atoms with Crippen molar-refractivity contribution in [3.8, 4) is 11.5 Å². The minimum Gasteiger partial charge on any atom is -0.496 e. The van der Waals surface area contributed by atoms with E-state index in [1.165, 1.54) is 0 Å². The summed E-state index contributed by atoms with van der Waals surface area (Å²) >= 11 is 0. The number of unbranched alkanes of at least 4 members (excludes halogenated alkanes) is 1. The zero-order valence-electron chi connectivity index (χ0n) is 12.2. The molecule has 1 aromatic carbocycles. The van der Waals surface area contributed by atoms with Crippen molar-refractivity contribution in [2.24, 2.45) is 0 Å². The summed E-state index contributed by atoms with van der Waals surface area (Å²) in [6.45, 7) is 4.23. The van der Waals surface area contributed by atoms with Crippen molar-refractivity contribution in [2.45, 2.75) is 26.7 Å². The van der Waals surface area contributed by atoms with Crippen LogP contribution in [0.2, 0.25) is 0 Å². The van der Waals surface area contributed by atoms with Crippen molar-refractivity contribution in [1.29, 1.82) is 0 Å². The van der Waals surface area contributed by atoms with Gasteiger partial charge >= 0.3 is 0 Å². The average molecular weight is 282 g/mol. The van der Waals surface area contributed by atoms with E-state index in [2.05, 4.69) is 13.8 Å². The van der Waals surface area contributed by atoms with Gasteiger partial charge in [-0.3, -0.25) is 4.79 Å². The van der Waals surface area contributed by atoms with Gasteiger partial charge in [0.05, 0.1) is 14.2 Å². The predicted octanol–water partition coefficient (Wildman–Crippen LogP) is 4.15. The molecule has 0 heterocycles. The van der Waals surface area contributed by atoms with Crippen molar-refractivity contribution < 1.29 is 14.3 Å². The number of hydrogen-bond donors (Lipinski definition) is 0. The smallest absolute Gasteiger partial charge is 0.191 e. The third-order valence-corrected chi connectivity index (χ3v) is 5.51. The molecule has 19 heavy (non-hydrogen) atoms. The summed E-state index contributed by atoms with van der Waals surface area (Å²) in [5.74, 6) is 1.23. The standard InChI is InChI=1S/C15H23O3P/c1-5-7-11-19(6-2)15(16)14-12(17-3)9-8-10-13(14)18-4/h8-10H,5-7,11H2,1-4H3. The van der Waals surface area contributed by atoms with Gasteiger partial charge in [-0.15, -0.1) is 0 Å². The molecule has 0 fully saturated rings. The Morgan fingerprint density at radius 3 is 2.16 bits per heavy atom. The Bertz CT molecular complexity index is 396. The molecule has 1 aromatic rings. The molecule has 1 unspecified atom stereocenters. The number of hydrogen-bond acceptors (Lipinski definition) is 3. The number of methoxy groups -OCH3 is 2. The molecule has 1 atom stereocenters. The van der Waals surface area contributed by atoms with Gasteiger partial charge in [0.2, 0.25) is 0 Å². The normalized spacial score (nSPS) is 12.0. The lowest BCUT2D eigenvalue weighted by Gasteiger charge is -2.18. The fraction of sp³-hybridized carbons (Fsp3) is 0.533. The molecular formula is C15H23O3P. The zero-order chi connectivity index (χ0) is 14.3. The predicted molar refractivity (Wildman–Crippen MR) is 81.1 cm³/mol. The van der Waals surface area contributed by atoms with Crippen LogP contribution in [0.1, 0.15) is 37.0 Å². The van der Waals surface area contributed by atoms with Crippen LogP contribution in [0.4, 0.5) is 0 Å². The van der Waals surface area contributed by atoms with Crippen molar-refractivity contribution in [3.63, 3.8) is 0 Å². The van der Waals surface area contributed by atoms with Gasteiger partial charge in [-0.25, -0.2) is 0 Å². The van der Waals surface area contributed by atoms with Crippen LogP contribution < -0.4 is 9.47 Å². The number of carbonyl (C=O) groups is 1. The molecular weight excluding hydrogens is 259 g/mol. The Kier molecular flexibility index (Phi) is 6.86. The van der Waals surface area contributed by atoms with E-state index < -0.39 is 7.92 Å². The Hall–Kier alpha value is -1.08. The molecule has 0 bridgehead atoms. The summed E-state index contributed by atoms with van der Waals surface area (Å²) in [5.41, 5.74) is 0.803. The Morgan fingerprint density at radius 1 is 1.16 bits per heavy atom. The van der Waals surface area contributed by atoms with E-state index >= 15 is 0 Å². The topological polar surface area (TPSA) is 35.5 Å². The molecule has 0 saturated carbocycles. The van der Waals surface area contributed by atoms with Crippen LogP contribution in [0.3, 0.4) is 0 Å². The van der Waals surface area contributed by atoms with E-state index in [9.17, 15) is 4.79 Å². The fourth-order valence-corrected chi connectivity index (χ4v) is 4.01. The van der Waals surface area contributed by atoms with Gasteiger partial charge in [-0.2, -0.15) is 0 Å². The average Bonchev–Trinajstić information content (AvgIpc) is 2.46. The minimum absolute atomic E-state index is 0.195. The lowest BCUT2D eigenvalue weighted by atomic mass is 10.2. The summed E-state index contributed by atoms with van der Waals surface area (Å²) in [6, 6.07) is 5.48. The fourth-order valence-electron chi connectivity index (χ4n) is 1.97. The molecule has 0 N–H and O–H groups in total. The van der Waals surface area contributed by atoms with Crippen LogP contribution >= 0.6 is 7.92 Å².